The topological polar surface area (TPSA) is 95.4 Å². The molecule has 31 heavy (non-hydrogen) atoms. The Morgan fingerprint density at radius 1 is 1.13 bits per heavy atom. The van der Waals surface area contributed by atoms with Gasteiger partial charge >= 0.3 is 6.36 Å². The number of aryl methyl sites for hydroxylation is 1. The highest BCUT2D eigenvalue weighted by Gasteiger charge is 2.32. The Hall–Kier alpha value is -3.06. The van der Waals surface area contributed by atoms with Gasteiger partial charge in [0.2, 0.25) is 10.0 Å². The highest BCUT2D eigenvalue weighted by Crippen LogP contribution is 2.39. The number of nitrogens with two attached hydrogens (primary N) is 1. The van der Waals surface area contributed by atoms with Gasteiger partial charge in [0.1, 0.15) is 28.0 Å². The molecule has 0 fully saturated rings. The number of ether oxygens (including phenoxy) is 1. The van der Waals surface area contributed by atoms with E-state index in [1.807, 2.05) is 0 Å². The third-order valence-electron chi connectivity index (χ3n) is 4.16. The van der Waals surface area contributed by atoms with Crippen LogP contribution in [0.15, 0.2) is 39.8 Å². The number of benzene rings is 2. The van der Waals surface area contributed by atoms with Crippen molar-refractivity contribution in [2.24, 2.45) is 5.14 Å². The molecule has 1 heterocycles. The molecule has 0 spiro atoms. The van der Waals surface area contributed by atoms with Gasteiger partial charge in [0.25, 0.3) is 0 Å². The minimum absolute atomic E-state index is 0.0156. The summed E-state index contributed by atoms with van der Waals surface area (Å²) in [5, 5.41) is 8.44. The molecular weight excluding hydrogens is 454 g/mol. The summed E-state index contributed by atoms with van der Waals surface area (Å²) < 4.78 is 111. The third-order valence-corrected chi connectivity index (χ3v) is 5.08. The van der Waals surface area contributed by atoms with Gasteiger partial charge in [-0.2, -0.15) is 0 Å². The smallest absolute Gasteiger partial charge is 0.406 e. The Balaban J connectivity index is 2.17. The van der Waals surface area contributed by atoms with Crippen molar-refractivity contribution in [1.82, 2.24) is 5.16 Å². The molecule has 0 aliphatic heterocycles. The zero-order valence-corrected chi connectivity index (χ0v) is 16.2. The number of aromatic nitrogens is 1. The second kappa shape index (κ2) is 7.89. The molecule has 0 unspecified atom stereocenters. The molecule has 1 aromatic heterocycles. The highest BCUT2D eigenvalue weighted by atomic mass is 32.2. The van der Waals surface area contributed by atoms with E-state index in [0.29, 0.717) is 12.1 Å². The first-order valence-electron chi connectivity index (χ1n) is 8.25. The largest absolute Gasteiger partial charge is 0.573 e. The molecule has 0 radical (unpaired) electrons. The van der Waals surface area contributed by atoms with Crippen LogP contribution in [0.25, 0.3) is 22.4 Å². The zero-order chi connectivity index (χ0) is 23.1. The Bertz CT molecular complexity index is 1250. The quantitative estimate of drug-likeness (QED) is 0.554. The van der Waals surface area contributed by atoms with Gasteiger partial charge in [-0.1, -0.05) is 5.16 Å². The Morgan fingerprint density at radius 3 is 2.35 bits per heavy atom. The number of hydrogen-bond donors (Lipinski definition) is 1. The first kappa shape index (κ1) is 22.6. The van der Waals surface area contributed by atoms with Crippen molar-refractivity contribution in [3.63, 3.8) is 0 Å². The molecule has 0 bridgehead atoms. The molecule has 2 aromatic carbocycles. The first-order valence-corrected chi connectivity index (χ1v) is 9.80. The van der Waals surface area contributed by atoms with Crippen LogP contribution in [0, 0.1) is 18.6 Å². The molecule has 6 nitrogen and oxygen atoms in total. The summed E-state index contributed by atoms with van der Waals surface area (Å²) in [7, 11) is -4.58. The summed E-state index contributed by atoms with van der Waals surface area (Å²) >= 11 is 0. The van der Waals surface area contributed by atoms with E-state index in [1.165, 1.54) is 13.0 Å². The molecule has 2 N–H and O–H groups in total. The summed E-state index contributed by atoms with van der Waals surface area (Å²) in [5.41, 5.74) is -1.04. The second-order valence-electron chi connectivity index (χ2n) is 6.30. The lowest BCUT2D eigenvalue weighted by Gasteiger charge is -2.12. The lowest BCUT2D eigenvalue weighted by molar-refractivity contribution is -0.274. The van der Waals surface area contributed by atoms with E-state index >= 15 is 0 Å². The minimum atomic E-state index is -4.93. The summed E-state index contributed by atoms with van der Waals surface area (Å²) in [6.07, 6.45) is -4.93. The van der Waals surface area contributed by atoms with Gasteiger partial charge in [-0.05, 0) is 42.8 Å². The van der Waals surface area contributed by atoms with Gasteiger partial charge in [-0.3, -0.25) is 0 Å². The molecule has 3 aromatic rings. The normalized spacial score (nSPS) is 12.3. The van der Waals surface area contributed by atoms with Crippen LogP contribution in [0.1, 0.15) is 11.3 Å². The molecule has 0 atom stereocenters. The summed E-state index contributed by atoms with van der Waals surface area (Å²) in [6, 6.07) is 4.09. The van der Waals surface area contributed by atoms with Gasteiger partial charge in [0, 0.05) is 11.1 Å². The van der Waals surface area contributed by atoms with Crippen LogP contribution in [0.4, 0.5) is 26.3 Å². The van der Waals surface area contributed by atoms with Gasteiger partial charge < -0.3 is 9.26 Å². The van der Waals surface area contributed by atoms with Gasteiger partial charge in [-0.15, -0.1) is 13.2 Å². The van der Waals surface area contributed by atoms with E-state index in [0.717, 1.165) is 12.1 Å². The molecular formula is C18H12F6N2O4S. The van der Waals surface area contributed by atoms with E-state index in [1.54, 1.807) is 0 Å². The first-order chi connectivity index (χ1) is 14.3. The monoisotopic (exact) mass is 466 g/mol. The predicted molar refractivity (Wildman–Crippen MR) is 94.9 cm³/mol. The van der Waals surface area contributed by atoms with Crippen LogP contribution in [0.3, 0.4) is 0 Å². The molecule has 0 saturated carbocycles. The van der Waals surface area contributed by atoms with Crippen LogP contribution in [0.5, 0.6) is 5.75 Å². The molecule has 0 saturated heterocycles. The fourth-order valence-electron chi connectivity index (χ4n) is 2.86. The summed E-state index contributed by atoms with van der Waals surface area (Å²) in [5.74, 6) is -3.69. The van der Waals surface area contributed by atoms with Gasteiger partial charge in [0.15, 0.2) is 12.4 Å². The van der Waals surface area contributed by atoms with Gasteiger partial charge in [0.05, 0.1) is 5.56 Å². The van der Waals surface area contributed by atoms with Crippen molar-refractivity contribution in [1.29, 1.82) is 0 Å². The zero-order valence-electron chi connectivity index (χ0n) is 15.4. The van der Waals surface area contributed by atoms with Crippen LogP contribution in [-0.2, 0) is 16.7 Å². The lowest BCUT2D eigenvalue weighted by Crippen LogP contribution is -2.17. The van der Waals surface area contributed by atoms with Crippen LogP contribution < -0.4 is 9.88 Å². The van der Waals surface area contributed by atoms with E-state index in [-0.39, 0.29) is 22.4 Å². The van der Waals surface area contributed by atoms with Crippen LogP contribution in [-0.4, -0.2) is 19.9 Å². The van der Waals surface area contributed by atoms with Crippen LogP contribution >= 0.6 is 0 Å². The maximum atomic E-state index is 14.6. The van der Waals surface area contributed by atoms with E-state index in [9.17, 15) is 34.8 Å². The standard InChI is InChI=1S/C18H12F6N2O4S/c1-8-4-9(2-3-13(8)29-18(22,23)24)17-16(14(7-19)30-26-17)10-5-12(21)15(6-11(10)20)31(25,27)28/h2-6H,7H2,1H3,(H2,25,27,28). The molecule has 0 amide bonds. The fraction of sp³-hybridized carbons (Fsp3) is 0.167. The molecule has 3 rings (SSSR count). The molecule has 166 valence electrons. The maximum absolute atomic E-state index is 14.6. The number of primary sulfonamides is 1. The number of sulfonamides is 1. The number of hydrogen-bond acceptors (Lipinski definition) is 5. The number of alkyl halides is 4. The number of rotatable bonds is 5. The lowest BCUT2D eigenvalue weighted by atomic mass is 9.97. The second-order valence-corrected chi connectivity index (χ2v) is 7.83. The molecule has 0 aliphatic carbocycles. The third kappa shape index (κ3) is 4.66. The Kier molecular flexibility index (Phi) is 5.76. The fourth-order valence-corrected chi connectivity index (χ4v) is 3.46. The Morgan fingerprint density at radius 2 is 1.81 bits per heavy atom. The van der Waals surface area contributed by atoms with Crippen molar-refractivity contribution in [2.75, 3.05) is 0 Å². The van der Waals surface area contributed by atoms with Crippen molar-refractivity contribution in [2.45, 2.75) is 24.9 Å². The minimum Gasteiger partial charge on any atom is -0.406 e. The SMILES string of the molecule is Cc1cc(-c2noc(CF)c2-c2cc(F)c(S(N)(=O)=O)cc2F)ccc1OC(F)(F)F. The highest BCUT2D eigenvalue weighted by molar-refractivity contribution is 7.89. The maximum Gasteiger partial charge on any atom is 0.573 e. The van der Waals surface area contributed by atoms with Gasteiger partial charge in [-0.25, -0.2) is 26.7 Å². The molecule has 0 aliphatic rings. The Labute approximate surface area is 171 Å². The average molecular weight is 466 g/mol. The van der Waals surface area contributed by atoms with Crippen molar-refractivity contribution in [3.05, 3.63) is 53.3 Å². The van der Waals surface area contributed by atoms with E-state index in [4.69, 9.17) is 9.66 Å². The summed E-state index contributed by atoms with van der Waals surface area (Å²) in [6.45, 7) is 0.0100. The van der Waals surface area contributed by atoms with Crippen molar-refractivity contribution < 1.29 is 44.0 Å². The van der Waals surface area contributed by atoms with Crippen LogP contribution in [0.2, 0.25) is 0 Å². The van der Waals surface area contributed by atoms with Crippen molar-refractivity contribution >= 4 is 10.0 Å². The van der Waals surface area contributed by atoms with E-state index < -0.39 is 56.7 Å². The number of nitrogens with zero attached hydrogens (tertiary/aromatic N) is 1. The number of halogens is 6. The molecule has 13 heteroatoms. The van der Waals surface area contributed by atoms with Crippen molar-refractivity contribution in [3.8, 4) is 28.1 Å². The average Bonchev–Trinajstić information content (AvgIpc) is 3.06. The van der Waals surface area contributed by atoms with E-state index in [2.05, 4.69) is 9.89 Å². The predicted octanol–water partition coefficient (Wildman–Crippen LogP) is 4.61. The summed E-state index contributed by atoms with van der Waals surface area (Å²) in [4.78, 5) is -1.11.